The van der Waals surface area contributed by atoms with Gasteiger partial charge in [-0.3, -0.25) is 24.1 Å². The Balaban J connectivity index is 1.57. The second-order valence-corrected chi connectivity index (χ2v) is 10.2. The number of fused-ring (bicyclic) bond motifs is 1. The van der Waals surface area contributed by atoms with E-state index in [1.165, 1.54) is 0 Å². The Hall–Kier alpha value is -4.13. The molecule has 3 aliphatic rings. The first kappa shape index (κ1) is 22.3. The molecule has 3 aromatic rings. The van der Waals surface area contributed by atoms with E-state index >= 15 is 0 Å². The van der Waals surface area contributed by atoms with Crippen LogP contribution in [0.25, 0.3) is 10.8 Å². The van der Waals surface area contributed by atoms with Crippen molar-refractivity contribution in [2.24, 2.45) is 5.41 Å². The van der Waals surface area contributed by atoms with Crippen LogP contribution in [0, 0.1) is 5.41 Å². The van der Waals surface area contributed by atoms with Gasteiger partial charge in [0.25, 0.3) is 11.8 Å². The van der Waals surface area contributed by atoms with Crippen molar-refractivity contribution in [1.82, 2.24) is 4.90 Å². The summed E-state index contributed by atoms with van der Waals surface area (Å²) >= 11 is 0. The summed E-state index contributed by atoms with van der Waals surface area (Å²) in [5.74, 6) is -2.22. The Morgan fingerprint density at radius 2 is 1.28 bits per heavy atom. The SMILES string of the molecule is CCOC(=O)C1(N2C(=O)c3ccccc3C2=O)Cc2ccc3c4c(ccc(c24)C1)C(=O)C(C)(C)C3=O. The molecular weight excluding hydrogens is 458 g/mol. The summed E-state index contributed by atoms with van der Waals surface area (Å²) in [6.45, 7) is 5.03. The molecular formula is C29H23NO6. The average molecular weight is 482 g/mol. The number of Topliss-reactive ketones (excluding diaryl/α,β-unsaturated/α-hetero) is 2. The van der Waals surface area contributed by atoms with E-state index in [1.54, 1.807) is 69.3 Å². The minimum absolute atomic E-state index is 0.0241. The van der Waals surface area contributed by atoms with E-state index in [2.05, 4.69) is 0 Å². The molecule has 1 heterocycles. The number of rotatable bonds is 3. The lowest BCUT2D eigenvalue weighted by Gasteiger charge is -2.42. The molecule has 0 radical (unpaired) electrons. The monoisotopic (exact) mass is 481 g/mol. The second-order valence-electron chi connectivity index (χ2n) is 10.2. The van der Waals surface area contributed by atoms with E-state index in [-0.39, 0.29) is 42.1 Å². The van der Waals surface area contributed by atoms with Gasteiger partial charge < -0.3 is 4.74 Å². The van der Waals surface area contributed by atoms with Crippen LogP contribution >= 0.6 is 0 Å². The quantitative estimate of drug-likeness (QED) is 0.319. The highest BCUT2D eigenvalue weighted by Crippen LogP contribution is 2.46. The number of carbonyl (C=O) groups excluding carboxylic acids is 5. The lowest BCUT2D eigenvalue weighted by molar-refractivity contribution is -0.155. The fraction of sp³-hybridized carbons (Fsp3) is 0.276. The highest BCUT2D eigenvalue weighted by atomic mass is 16.5. The summed E-state index contributed by atoms with van der Waals surface area (Å²) in [5.41, 5.74) is 0.0508. The van der Waals surface area contributed by atoms with Gasteiger partial charge in [0.1, 0.15) is 0 Å². The third kappa shape index (κ3) is 2.60. The largest absolute Gasteiger partial charge is 0.464 e. The molecule has 0 unspecified atom stereocenters. The molecule has 2 aliphatic carbocycles. The average Bonchev–Trinajstić information content (AvgIpc) is 3.13. The third-order valence-corrected chi connectivity index (χ3v) is 7.80. The topological polar surface area (TPSA) is 97.8 Å². The molecule has 3 aromatic carbocycles. The molecule has 0 bridgehead atoms. The van der Waals surface area contributed by atoms with Crippen molar-refractivity contribution in [3.8, 4) is 0 Å². The predicted octanol–water partition coefficient (Wildman–Crippen LogP) is 3.94. The summed E-state index contributed by atoms with van der Waals surface area (Å²) in [4.78, 5) is 68.1. The molecule has 7 heteroatoms. The molecule has 0 N–H and O–H groups in total. The summed E-state index contributed by atoms with van der Waals surface area (Å²) < 4.78 is 5.45. The van der Waals surface area contributed by atoms with Gasteiger partial charge in [0.2, 0.25) is 0 Å². The van der Waals surface area contributed by atoms with E-state index in [0.29, 0.717) is 27.6 Å². The van der Waals surface area contributed by atoms with Crippen LogP contribution in [0.2, 0.25) is 0 Å². The third-order valence-electron chi connectivity index (χ3n) is 7.80. The molecule has 0 saturated heterocycles. The van der Waals surface area contributed by atoms with Crippen LogP contribution in [0.1, 0.15) is 73.3 Å². The van der Waals surface area contributed by atoms with Crippen molar-refractivity contribution in [2.75, 3.05) is 6.61 Å². The normalized spacial score (nSPS) is 19.0. The Morgan fingerprint density at radius 3 is 1.75 bits per heavy atom. The zero-order valence-corrected chi connectivity index (χ0v) is 20.1. The fourth-order valence-electron chi connectivity index (χ4n) is 6.02. The van der Waals surface area contributed by atoms with Crippen molar-refractivity contribution in [2.45, 2.75) is 39.2 Å². The number of ether oxygens (including phenoxy) is 1. The number of imide groups is 1. The molecule has 6 rings (SSSR count). The standard InChI is InChI=1S/C29H23NO6/c1-4-36-27(35)29(30-25(33)17-7-5-6-8-18(17)26(30)34)13-15-9-11-19-22-20(12-10-16(14-29)21(15)22)24(32)28(2,3)23(19)31/h5-12H,4,13-14H2,1-3H3. The summed E-state index contributed by atoms with van der Waals surface area (Å²) in [6.07, 6.45) is 0.0482. The molecule has 0 atom stereocenters. The first-order valence-corrected chi connectivity index (χ1v) is 12.0. The number of benzene rings is 3. The van der Waals surface area contributed by atoms with Crippen LogP contribution in [-0.2, 0) is 22.4 Å². The van der Waals surface area contributed by atoms with Gasteiger partial charge in [-0.05, 0) is 49.4 Å². The zero-order chi connectivity index (χ0) is 25.6. The maximum Gasteiger partial charge on any atom is 0.333 e. The van der Waals surface area contributed by atoms with Crippen molar-refractivity contribution >= 4 is 40.1 Å². The van der Waals surface area contributed by atoms with Crippen LogP contribution in [0.15, 0.2) is 48.5 Å². The van der Waals surface area contributed by atoms with E-state index in [1.807, 2.05) is 0 Å². The molecule has 0 fully saturated rings. The van der Waals surface area contributed by atoms with E-state index in [4.69, 9.17) is 4.74 Å². The maximum atomic E-state index is 13.6. The van der Waals surface area contributed by atoms with Crippen molar-refractivity contribution in [3.63, 3.8) is 0 Å². The van der Waals surface area contributed by atoms with Crippen molar-refractivity contribution in [3.05, 3.63) is 81.9 Å². The van der Waals surface area contributed by atoms with Crippen LogP contribution < -0.4 is 0 Å². The highest BCUT2D eigenvalue weighted by Gasteiger charge is 2.56. The Morgan fingerprint density at radius 1 is 0.778 bits per heavy atom. The smallest absolute Gasteiger partial charge is 0.333 e. The summed E-state index contributed by atoms with van der Waals surface area (Å²) in [6, 6.07) is 13.4. The van der Waals surface area contributed by atoms with Gasteiger partial charge in [0.15, 0.2) is 17.1 Å². The molecule has 0 aromatic heterocycles. The van der Waals surface area contributed by atoms with Gasteiger partial charge in [-0.1, -0.05) is 36.4 Å². The van der Waals surface area contributed by atoms with Gasteiger partial charge in [-0.2, -0.15) is 0 Å². The molecule has 7 nitrogen and oxygen atoms in total. The van der Waals surface area contributed by atoms with E-state index < -0.39 is 28.7 Å². The maximum absolute atomic E-state index is 13.6. The van der Waals surface area contributed by atoms with Gasteiger partial charge in [0, 0.05) is 29.4 Å². The van der Waals surface area contributed by atoms with Crippen molar-refractivity contribution in [1.29, 1.82) is 0 Å². The van der Waals surface area contributed by atoms with Crippen molar-refractivity contribution < 1.29 is 28.7 Å². The summed E-state index contributed by atoms with van der Waals surface area (Å²) in [7, 11) is 0. The number of carbonyl (C=O) groups is 5. The van der Waals surface area contributed by atoms with E-state index in [0.717, 1.165) is 10.3 Å². The van der Waals surface area contributed by atoms with Gasteiger partial charge in [0.05, 0.1) is 23.1 Å². The molecule has 0 saturated carbocycles. The lowest BCUT2D eigenvalue weighted by atomic mass is 9.67. The van der Waals surface area contributed by atoms with Crippen LogP contribution in [0.3, 0.4) is 0 Å². The molecule has 36 heavy (non-hydrogen) atoms. The number of amides is 2. The van der Waals surface area contributed by atoms with Gasteiger partial charge in [-0.25, -0.2) is 4.79 Å². The van der Waals surface area contributed by atoms with Gasteiger partial charge >= 0.3 is 5.97 Å². The number of hydrogen-bond donors (Lipinski definition) is 0. The number of esters is 1. The lowest BCUT2D eigenvalue weighted by Crippen LogP contribution is -2.61. The fourth-order valence-corrected chi connectivity index (χ4v) is 6.02. The second kappa shape index (κ2) is 7.20. The Kier molecular flexibility index (Phi) is 4.47. The first-order chi connectivity index (χ1) is 17.1. The first-order valence-electron chi connectivity index (χ1n) is 12.0. The predicted molar refractivity (Wildman–Crippen MR) is 130 cm³/mol. The van der Waals surface area contributed by atoms with Crippen LogP contribution in [-0.4, -0.2) is 46.4 Å². The number of nitrogens with zero attached hydrogens (tertiary/aromatic N) is 1. The minimum atomic E-state index is -1.59. The molecule has 2 amide bonds. The Bertz CT molecular complexity index is 1480. The molecule has 0 spiro atoms. The number of hydrogen-bond acceptors (Lipinski definition) is 6. The minimum Gasteiger partial charge on any atom is -0.464 e. The Labute approximate surface area is 207 Å². The van der Waals surface area contributed by atoms with Crippen LogP contribution in [0.5, 0.6) is 0 Å². The van der Waals surface area contributed by atoms with E-state index in [9.17, 15) is 24.0 Å². The molecule has 1 aliphatic heterocycles. The summed E-state index contributed by atoms with van der Waals surface area (Å²) in [5, 5.41) is 1.32. The van der Waals surface area contributed by atoms with Crippen LogP contribution in [0.4, 0.5) is 0 Å². The molecule has 180 valence electrons. The highest BCUT2D eigenvalue weighted by molar-refractivity contribution is 6.32. The zero-order valence-electron chi connectivity index (χ0n) is 20.1. The number of ketones is 2. The van der Waals surface area contributed by atoms with Gasteiger partial charge in [-0.15, -0.1) is 0 Å².